The number of fused-ring (bicyclic) bond motifs is 1. The summed E-state index contributed by atoms with van der Waals surface area (Å²) in [7, 11) is 3.41. The Labute approximate surface area is 205 Å². The van der Waals surface area contributed by atoms with Gasteiger partial charge in [-0.2, -0.15) is 15.0 Å². The first kappa shape index (κ1) is 23.9. The molecule has 0 saturated carbocycles. The van der Waals surface area contributed by atoms with Crippen LogP contribution in [0.15, 0.2) is 18.2 Å². The second-order valence-corrected chi connectivity index (χ2v) is 8.74. The van der Waals surface area contributed by atoms with Crippen molar-refractivity contribution < 1.29 is 23.4 Å². The number of aromatic hydroxyl groups is 1. The topological polar surface area (TPSA) is 116 Å². The fraction of sp³-hybridized carbons (Fsp3) is 0.500. The highest BCUT2D eigenvalue weighted by Crippen LogP contribution is 2.32. The zero-order valence-corrected chi connectivity index (χ0v) is 20.0. The highest BCUT2D eigenvalue weighted by molar-refractivity contribution is 5.83. The van der Waals surface area contributed by atoms with Crippen LogP contribution in [-0.4, -0.2) is 112 Å². The molecule has 0 aliphatic carbocycles. The van der Waals surface area contributed by atoms with Crippen LogP contribution in [0.1, 0.15) is 12.2 Å². The van der Waals surface area contributed by atoms with Crippen LogP contribution in [0.4, 0.5) is 25.5 Å². The first-order valence-electron chi connectivity index (χ1n) is 11.6. The van der Waals surface area contributed by atoms with E-state index in [1.807, 2.05) is 9.80 Å². The molecule has 192 valence electrons. The van der Waals surface area contributed by atoms with Crippen LogP contribution >= 0.6 is 0 Å². The van der Waals surface area contributed by atoms with E-state index in [0.29, 0.717) is 64.4 Å². The molecule has 2 saturated heterocycles. The zero-order chi connectivity index (χ0) is 25.4. The maximum atomic E-state index is 14.1. The minimum absolute atomic E-state index is 0.0170. The number of nitrogens with zero attached hydrogens (tertiary/aromatic N) is 9. The van der Waals surface area contributed by atoms with Gasteiger partial charge in [0.25, 0.3) is 6.43 Å². The summed E-state index contributed by atoms with van der Waals surface area (Å²) in [6, 6.07) is 4.45. The zero-order valence-electron chi connectivity index (χ0n) is 20.0. The molecule has 1 aromatic carbocycles. The number of para-hydroxylation sites is 1. The van der Waals surface area contributed by atoms with E-state index in [4.69, 9.17) is 4.74 Å². The summed E-state index contributed by atoms with van der Waals surface area (Å²) in [4.78, 5) is 37.2. The summed E-state index contributed by atoms with van der Waals surface area (Å²) >= 11 is 0. The van der Waals surface area contributed by atoms with E-state index in [0.717, 1.165) is 0 Å². The molecule has 5 rings (SSSR count). The van der Waals surface area contributed by atoms with E-state index in [2.05, 4.69) is 19.9 Å². The van der Waals surface area contributed by atoms with Crippen LogP contribution in [0.5, 0.6) is 5.75 Å². The largest absolute Gasteiger partial charge is 0.506 e. The molecule has 36 heavy (non-hydrogen) atoms. The van der Waals surface area contributed by atoms with Crippen LogP contribution in [0.3, 0.4) is 0 Å². The summed E-state index contributed by atoms with van der Waals surface area (Å²) in [6.07, 6.45) is -2.93. The fourth-order valence-electron chi connectivity index (χ4n) is 4.33. The molecule has 4 heterocycles. The quantitative estimate of drug-likeness (QED) is 0.565. The molecule has 0 spiro atoms. The van der Waals surface area contributed by atoms with Crippen molar-refractivity contribution in [3.8, 4) is 11.7 Å². The number of phenols is 1. The number of anilines is 2. The second-order valence-electron chi connectivity index (χ2n) is 8.74. The van der Waals surface area contributed by atoms with Crippen LogP contribution < -0.4 is 9.80 Å². The second kappa shape index (κ2) is 9.68. The third-order valence-electron chi connectivity index (χ3n) is 6.19. The lowest BCUT2D eigenvalue weighted by Gasteiger charge is -2.36. The Morgan fingerprint density at radius 2 is 1.56 bits per heavy atom. The average molecular weight is 504 g/mol. The van der Waals surface area contributed by atoms with Crippen molar-refractivity contribution in [2.24, 2.45) is 0 Å². The number of aromatic nitrogens is 5. The molecule has 0 bridgehead atoms. The Morgan fingerprint density at radius 1 is 0.944 bits per heavy atom. The van der Waals surface area contributed by atoms with E-state index >= 15 is 0 Å². The summed E-state index contributed by atoms with van der Waals surface area (Å²) < 4.78 is 34.7. The number of carbonyl (C=O) groups is 1. The van der Waals surface area contributed by atoms with E-state index in [-0.39, 0.29) is 28.8 Å². The number of ether oxygens (including phenoxy) is 1. The predicted molar refractivity (Wildman–Crippen MR) is 127 cm³/mol. The van der Waals surface area contributed by atoms with Crippen molar-refractivity contribution in [2.75, 3.05) is 76.4 Å². The highest BCUT2D eigenvalue weighted by Gasteiger charge is 2.28. The number of imidazole rings is 1. The Hall–Kier alpha value is -3.81. The van der Waals surface area contributed by atoms with Gasteiger partial charge in [0.15, 0.2) is 5.82 Å². The van der Waals surface area contributed by atoms with E-state index < -0.39 is 12.2 Å². The monoisotopic (exact) mass is 503 g/mol. The maximum absolute atomic E-state index is 14.1. The van der Waals surface area contributed by atoms with Crippen molar-refractivity contribution in [1.29, 1.82) is 0 Å². The van der Waals surface area contributed by atoms with Gasteiger partial charge in [-0.15, -0.1) is 0 Å². The first-order chi connectivity index (χ1) is 17.3. The van der Waals surface area contributed by atoms with Gasteiger partial charge < -0.3 is 29.4 Å². The molecule has 2 aromatic heterocycles. The minimum Gasteiger partial charge on any atom is -0.506 e. The molecule has 1 N–H and O–H groups in total. The molecule has 0 atom stereocenters. The van der Waals surface area contributed by atoms with Crippen LogP contribution in [0.25, 0.3) is 17.0 Å². The lowest BCUT2D eigenvalue weighted by Crippen LogP contribution is -2.52. The molecular weight excluding hydrogens is 476 g/mol. The van der Waals surface area contributed by atoms with Crippen molar-refractivity contribution >= 4 is 29.0 Å². The lowest BCUT2D eigenvalue weighted by molar-refractivity contribution is 0.122. The minimum atomic E-state index is -2.93. The number of hydrogen-bond acceptors (Lipinski definition) is 9. The molecule has 12 nitrogen and oxygen atoms in total. The number of hydrogen-bond donors (Lipinski definition) is 1. The lowest BCUT2D eigenvalue weighted by atomic mass is 10.3. The fourth-order valence-corrected chi connectivity index (χ4v) is 4.33. The number of amides is 2. The number of phenolic OH excluding ortho intramolecular Hbond substituents is 1. The summed E-state index contributed by atoms with van der Waals surface area (Å²) in [6.45, 7) is 3.95. The van der Waals surface area contributed by atoms with E-state index in [1.54, 1.807) is 31.1 Å². The molecule has 2 amide bonds. The number of halogens is 2. The Morgan fingerprint density at radius 3 is 2.17 bits per heavy atom. The van der Waals surface area contributed by atoms with Crippen LogP contribution in [0, 0.1) is 0 Å². The van der Waals surface area contributed by atoms with Gasteiger partial charge in [-0.3, -0.25) is 4.57 Å². The van der Waals surface area contributed by atoms with Crippen molar-refractivity contribution in [3.63, 3.8) is 0 Å². The number of morpholine rings is 1. The number of urea groups is 1. The summed E-state index contributed by atoms with van der Waals surface area (Å²) in [5.74, 6) is -0.139. The van der Waals surface area contributed by atoms with Crippen molar-refractivity contribution in [2.45, 2.75) is 6.43 Å². The highest BCUT2D eigenvalue weighted by atomic mass is 19.3. The summed E-state index contributed by atoms with van der Waals surface area (Å²) in [5, 5.41) is 10.2. The Kier molecular flexibility index (Phi) is 6.43. The molecule has 14 heteroatoms. The van der Waals surface area contributed by atoms with Gasteiger partial charge in [0.1, 0.15) is 11.3 Å². The van der Waals surface area contributed by atoms with Crippen LogP contribution in [0.2, 0.25) is 0 Å². The van der Waals surface area contributed by atoms with Crippen molar-refractivity contribution in [1.82, 2.24) is 34.3 Å². The molecule has 2 aliphatic rings. The predicted octanol–water partition coefficient (Wildman–Crippen LogP) is 1.49. The van der Waals surface area contributed by atoms with Gasteiger partial charge in [0, 0.05) is 53.4 Å². The Bertz CT molecular complexity index is 1260. The Balaban J connectivity index is 1.58. The molecule has 2 aliphatic heterocycles. The normalized spacial score (nSPS) is 16.8. The van der Waals surface area contributed by atoms with Crippen molar-refractivity contribution in [3.05, 3.63) is 24.0 Å². The standard InChI is InChI=1S/C22H27F2N9O3/c1-29(2)22(35)32-8-6-30(7-9-32)19-26-20(31-10-12-36-13-11-31)28-21(27-19)33-14-4-3-5-15(34)16(14)25-18(33)17(23)24/h3-5,17,34H,6-13H2,1-2H3. The summed E-state index contributed by atoms with van der Waals surface area (Å²) in [5.41, 5.74) is 0.301. The third-order valence-corrected chi connectivity index (χ3v) is 6.19. The van der Waals surface area contributed by atoms with Gasteiger partial charge in [0.05, 0.1) is 18.7 Å². The first-order valence-corrected chi connectivity index (χ1v) is 11.6. The SMILES string of the molecule is CN(C)C(=O)N1CCN(c2nc(N3CCOCC3)nc(-n3c(C(F)F)nc4c(O)cccc43)n2)CC1. The van der Waals surface area contributed by atoms with Gasteiger partial charge in [-0.05, 0) is 12.1 Å². The number of benzene rings is 1. The smallest absolute Gasteiger partial charge is 0.319 e. The van der Waals surface area contributed by atoms with Gasteiger partial charge in [0.2, 0.25) is 17.8 Å². The number of rotatable bonds is 4. The number of carbonyl (C=O) groups excluding carboxylic acids is 1. The molecule has 2 fully saturated rings. The molecule has 3 aromatic rings. The number of piperazine rings is 1. The van der Waals surface area contributed by atoms with Gasteiger partial charge in [-0.25, -0.2) is 18.6 Å². The van der Waals surface area contributed by atoms with Crippen LogP contribution in [-0.2, 0) is 4.74 Å². The number of alkyl halides is 2. The van der Waals surface area contributed by atoms with Gasteiger partial charge in [-0.1, -0.05) is 6.07 Å². The molecule has 0 unspecified atom stereocenters. The third kappa shape index (κ3) is 4.43. The average Bonchev–Trinajstić information content (AvgIpc) is 3.30. The van der Waals surface area contributed by atoms with Gasteiger partial charge >= 0.3 is 6.03 Å². The van der Waals surface area contributed by atoms with E-state index in [1.165, 1.54) is 15.5 Å². The van der Waals surface area contributed by atoms with E-state index in [9.17, 15) is 18.7 Å². The molecule has 0 radical (unpaired) electrons. The maximum Gasteiger partial charge on any atom is 0.319 e. The molecular formula is C22H27F2N9O3.